The highest BCUT2D eigenvalue weighted by Gasteiger charge is 2.15. The molecule has 0 amide bonds. The van der Waals surface area contributed by atoms with Crippen LogP contribution in [0.5, 0.6) is 0 Å². The van der Waals surface area contributed by atoms with Gasteiger partial charge >= 0.3 is 0 Å². The maximum atomic E-state index is 5.92. The van der Waals surface area contributed by atoms with Gasteiger partial charge in [0.1, 0.15) is 0 Å². The molecule has 3 N–H and O–H groups in total. The minimum absolute atomic E-state index is 0.118. The van der Waals surface area contributed by atoms with E-state index in [0.29, 0.717) is 0 Å². The SMILES string of the molecule is NNC(Cc1sccc1Br)c1ccc(Cl)s1. The number of thiophene rings is 2. The molecule has 6 heteroatoms. The van der Waals surface area contributed by atoms with Gasteiger partial charge in [0, 0.05) is 20.6 Å². The van der Waals surface area contributed by atoms with Crippen molar-refractivity contribution in [2.45, 2.75) is 12.5 Å². The summed E-state index contributed by atoms with van der Waals surface area (Å²) in [5.41, 5.74) is 2.83. The minimum atomic E-state index is 0.118. The second-order valence-electron chi connectivity index (χ2n) is 3.26. The van der Waals surface area contributed by atoms with E-state index in [1.165, 1.54) is 4.88 Å². The Morgan fingerprint density at radius 2 is 2.25 bits per heavy atom. The van der Waals surface area contributed by atoms with E-state index in [4.69, 9.17) is 17.4 Å². The molecule has 2 nitrogen and oxygen atoms in total. The quantitative estimate of drug-likeness (QED) is 0.654. The summed E-state index contributed by atoms with van der Waals surface area (Å²) in [6.45, 7) is 0. The molecule has 86 valence electrons. The normalized spacial score (nSPS) is 12.9. The van der Waals surface area contributed by atoms with Gasteiger partial charge in [-0.05, 0) is 39.5 Å². The molecule has 1 atom stereocenters. The van der Waals surface area contributed by atoms with Gasteiger partial charge in [0.15, 0.2) is 0 Å². The highest BCUT2D eigenvalue weighted by atomic mass is 79.9. The number of halogens is 2. The Labute approximate surface area is 116 Å². The molecule has 0 aromatic carbocycles. The first-order chi connectivity index (χ1) is 7.70. The second kappa shape index (κ2) is 5.62. The van der Waals surface area contributed by atoms with Crippen LogP contribution in [0.15, 0.2) is 28.1 Å². The highest BCUT2D eigenvalue weighted by molar-refractivity contribution is 9.10. The summed E-state index contributed by atoms with van der Waals surface area (Å²) < 4.78 is 1.93. The number of hydrogen-bond acceptors (Lipinski definition) is 4. The smallest absolute Gasteiger partial charge is 0.0931 e. The lowest BCUT2D eigenvalue weighted by Crippen LogP contribution is -2.28. The third-order valence-corrected chi connectivity index (χ3v) is 5.51. The maximum absolute atomic E-state index is 5.92. The van der Waals surface area contributed by atoms with E-state index >= 15 is 0 Å². The Balaban J connectivity index is 2.15. The van der Waals surface area contributed by atoms with Crippen LogP contribution in [-0.2, 0) is 6.42 Å². The van der Waals surface area contributed by atoms with E-state index < -0.39 is 0 Å². The van der Waals surface area contributed by atoms with Crippen LogP contribution in [0.25, 0.3) is 0 Å². The topological polar surface area (TPSA) is 38.0 Å². The monoisotopic (exact) mass is 336 g/mol. The van der Waals surface area contributed by atoms with E-state index in [0.717, 1.165) is 20.1 Å². The number of rotatable bonds is 4. The van der Waals surface area contributed by atoms with Crippen LogP contribution in [-0.4, -0.2) is 0 Å². The zero-order valence-corrected chi connectivity index (χ0v) is 12.2. The van der Waals surface area contributed by atoms with Crippen LogP contribution in [0.2, 0.25) is 4.34 Å². The van der Waals surface area contributed by atoms with Gasteiger partial charge in [-0.2, -0.15) is 0 Å². The molecule has 0 bridgehead atoms. The van der Waals surface area contributed by atoms with Gasteiger partial charge in [0.05, 0.1) is 10.4 Å². The maximum Gasteiger partial charge on any atom is 0.0931 e. The van der Waals surface area contributed by atoms with Crippen LogP contribution in [0.4, 0.5) is 0 Å². The fourth-order valence-corrected chi connectivity index (χ4v) is 4.10. The van der Waals surface area contributed by atoms with Crippen molar-refractivity contribution in [2.75, 3.05) is 0 Å². The highest BCUT2D eigenvalue weighted by Crippen LogP contribution is 2.32. The van der Waals surface area contributed by atoms with Crippen molar-refractivity contribution in [3.8, 4) is 0 Å². The average molecular weight is 338 g/mol. The van der Waals surface area contributed by atoms with Crippen molar-refractivity contribution >= 4 is 50.2 Å². The van der Waals surface area contributed by atoms with Gasteiger partial charge in [-0.15, -0.1) is 22.7 Å². The van der Waals surface area contributed by atoms with Gasteiger partial charge in [0.25, 0.3) is 0 Å². The first-order valence-corrected chi connectivity index (χ1v) is 7.50. The molecular formula is C10H10BrClN2S2. The Morgan fingerprint density at radius 1 is 1.44 bits per heavy atom. The summed E-state index contributed by atoms with van der Waals surface area (Å²) in [7, 11) is 0. The molecule has 2 heterocycles. The van der Waals surface area contributed by atoms with Crippen LogP contribution in [0.1, 0.15) is 15.8 Å². The molecule has 1 unspecified atom stereocenters. The van der Waals surface area contributed by atoms with E-state index in [-0.39, 0.29) is 6.04 Å². The van der Waals surface area contributed by atoms with Gasteiger partial charge in [-0.1, -0.05) is 11.6 Å². The lowest BCUT2D eigenvalue weighted by atomic mass is 10.1. The molecule has 0 radical (unpaired) electrons. The summed E-state index contributed by atoms with van der Waals surface area (Å²) in [5, 5.41) is 2.06. The third-order valence-electron chi connectivity index (χ3n) is 2.22. The van der Waals surface area contributed by atoms with Gasteiger partial charge < -0.3 is 0 Å². The Bertz CT molecular complexity index is 469. The Kier molecular flexibility index (Phi) is 4.41. The molecule has 0 spiro atoms. The minimum Gasteiger partial charge on any atom is -0.271 e. The average Bonchev–Trinajstić information content (AvgIpc) is 2.85. The summed E-state index contributed by atoms with van der Waals surface area (Å²) in [4.78, 5) is 2.44. The number of nitrogens with two attached hydrogens (primary N) is 1. The standard InChI is InChI=1S/C10H10BrClN2S2/c11-6-3-4-15-9(6)5-7(14-13)8-1-2-10(12)16-8/h1-4,7,14H,5,13H2. The van der Waals surface area contributed by atoms with Gasteiger partial charge in [-0.3, -0.25) is 11.3 Å². The predicted molar refractivity (Wildman–Crippen MR) is 75.1 cm³/mol. The van der Waals surface area contributed by atoms with Gasteiger partial charge in [-0.25, -0.2) is 0 Å². The summed E-state index contributed by atoms with van der Waals surface area (Å²) in [6, 6.07) is 6.08. The molecule has 16 heavy (non-hydrogen) atoms. The van der Waals surface area contributed by atoms with Crippen molar-refractivity contribution < 1.29 is 0 Å². The summed E-state index contributed by atoms with van der Waals surface area (Å²) in [6.07, 6.45) is 0.867. The Hall–Kier alpha value is 0.0900. The molecule has 0 fully saturated rings. The lowest BCUT2D eigenvalue weighted by Gasteiger charge is -2.13. The zero-order valence-electron chi connectivity index (χ0n) is 8.24. The molecule has 2 aromatic heterocycles. The zero-order chi connectivity index (χ0) is 11.5. The number of nitrogens with one attached hydrogen (secondary N) is 1. The van der Waals surface area contributed by atoms with Crippen molar-refractivity contribution in [2.24, 2.45) is 5.84 Å². The van der Waals surface area contributed by atoms with E-state index in [2.05, 4.69) is 32.8 Å². The van der Waals surface area contributed by atoms with Crippen molar-refractivity contribution in [3.05, 3.63) is 42.1 Å². The van der Waals surface area contributed by atoms with Crippen LogP contribution in [0, 0.1) is 0 Å². The van der Waals surface area contributed by atoms with Crippen LogP contribution in [0.3, 0.4) is 0 Å². The number of hydrazine groups is 1. The molecule has 0 aliphatic heterocycles. The van der Waals surface area contributed by atoms with Gasteiger partial charge in [0.2, 0.25) is 0 Å². The fourth-order valence-electron chi connectivity index (χ4n) is 1.41. The molecule has 0 aliphatic rings. The van der Waals surface area contributed by atoms with Crippen molar-refractivity contribution in [3.63, 3.8) is 0 Å². The molecule has 0 saturated heterocycles. The van der Waals surface area contributed by atoms with Crippen molar-refractivity contribution in [1.29, 1.82) is 0 Å². The van der Waals surface area contributed by atoms with E-state index in [1.54, 1.807) is 22.7 Å². The fraction of sp³-hybridized carbons (Fsp3) is 0.200. The Morgan fingerprint density at radius 3 is 2.75 bits per heavy atom. The summed E-state index contributed by atoms with van der Waals surface area (Å²) in [5.74, 6) is 5.58. The molecule has 0 aliphatic carbocycles. The first-order valence-electron chi connectivity index (χ1n) is 4.64. The number of hydrogen-bond donors (Lipinski definition) is 2. The molecular weight excluding hydrogens is 328 g/mol. The predicted octanol–water partition coefficient (Wildman–Crippen LogP) is 3.97. The van der Waals surface area contributed by atoms with E-state index in [9.17, 15) is 0 Å². The summed E-state index contributed by atoms with van der Waals surface area (Å²) >= 11 is 12.7. The van der Waals surface area contributed by atoms with Crippen LogP contribution >= 0.6 is 50.2 Å². The lowest BCUT2D eigenvalue weighted by molar-refractivity contribution is 0.564. The second-order valence-corrected chi connectivity index (χ2v) is 6.86. The van der Waals surface area contributed by atoms with E-state index in [1.807, 2.05) is 12.1 Å². The molecule has 2 rings (SSSR count). The van der Waals surface area contributed by atoms with Crippen LogP contribution < -0.4 is 11.3 Å². The molecule has 0 saturated carbocycles. The van der Waals surface area contributed by atoms with Crippen molar-refractivity contribution in [1.82, 2.24) is 5.43 Å². The largest absolute Gasteiger partial charge is 0.271 e. The molecule has 2 aromatic rings. The first kappa shape index (κ1) is 12.5. The third kappa shape index (κ3) is 2.85.